The molecule has 0 saturated carbocycles. The first kappa shape index (κ1) is 13.6. The summed E-state index contributed by atoms with van der Waals surface area (Å²) >= 11 is 5.95. The number of anilines is 1. The van der Waals surface area contributed by atoms with E-state index >= 15 is 0 Å². The largest absolute Gasteiger partial charge is 0.322 e. The third-order valence-corrected chi connectivity index (χ3v) is 3.17. The molecular formula is C16H16ClNO. The van der Waals surface area contributed by atoms with Gasteiger partial charge in [-0.25, -0.2) is 0 Å². The van der Waals surface area contributed by atoms with Gasteiger partial charge in [0.05, 0.1) is 0 Å². The molecular weight excluding hydrogens is 258 g/mol. The Morgan fingerprint density at radius 3 is 2.26 bits per heavy atom. The Morgan fingerprint density at radius 1 is 1.00 bits per heavy atom. The van der Waals surface area contributed by atoms with Crippen molar-refractivity contribution < 1.29 is 4.79 Å². The number of hydrogen-bond donors (Lipinski definition) is 1. The number of amides is 1. The number of aryl methyl sites for hydroxylation is 3. The highest BCUT2D eigenvalue weighted by Gasteiger charge is 2.09. The summed E-state index contributed by atoms with van der Waals surface area (Å²) in [5.41, 5.74) is 4.55. The first-order chi connectivity index (χ1) is 8.95. The van der Waals surface area contributed by atoms with Gasteiger partial charge in [-0.1, -0.05) is 34.9 Å². The SMILES string of the molecule is Cc1cc(C)cc(C(=O)Nc2cc(Cl)ccc2C)c1. The second-order valence-electron chi connectivity index (χ2n) is 4.79. The van der Waals surface area contributed by atoms with Crippen molar-refractivity contribution >= 4 is 23.2 Å². The van der Waals surface area contributed by atoms with Crippen LogP contribution in [0.2, 0.25) is 5.02 Å². The molecule has 0 aliphatic rings. The molecule has 0 spiro atoms. The van der Waals surface area contributed by atoms with Gasteiger partial charge in [-0.05, 0) is 50.6 Å². The maximum atomic E-state index is 12.2. The quantitative estimate of drug-likeness (QED) is 0.856. The second kappa shape index (κ2) is 5.45. The summed E-state index contributed by atoms with van der Waals surface area (Å²) in [5, 5.41) is 3.51. The zero-order valence-corrected chi connectivity index (χ0v) is 12.0. The van der Waals surface area contributed by atoms with Gasteiger partial charge in [0, 0.05) is 16.3 Å². The molecule has 3 heteroatoms. The molecule has 0 bridgehead atoms. The van der Waals surface area contributed by atoms with Crippen molar-refractivity contribution in [2.45, 2.75) is 20.8 Å². The first-order valence-electron chi connectivity index (χ1n) is 6.11. The average molecular weight is 274 g/mol. The summed E-state index contributed by atoms with van der Waals surface area (Å²) < 4.78 is 0. The number of rotatable bonds is 2. The number of halogens is 1. The Morgan fingerprint density at radius 2 is 1.63 bits per heavy atom. The molecule has 0 aromatic heterocycles. The molecule has 2 aromatic rings. The topological polar surface area (TPSA) is 29.1 Å². The molecule has 0 fully saturated rings. The summed E-state index contributed by atoms with van der Waals surface area (Å²) in [6.07, 6.45) is 0. The molecule has 2 nitrogen and oxygen atoms in total. The summed E-state index contributed by atoms with van der Waals surface area (Å²) in [7, 11) is 0. The highest BCUT2D eigenvalue weighted by atomic mass is 35.5. The zero-order chi connectivity index (χ0) is 14.0. The lowest BCUT2D eigenvalue weighted by Crippen LogP contribution is -2.13. The molecule has 0 aliphatic heterocycles. The molecule has 0 saturated heterocycles. The predicted molar refractivity (Wildman–Crippen MR) is 80.1 cm³/mol. The minimum atomic E-state index is -0.114. The minimum Gasteiger partial charge on any atom is -0.322 e. The van der Waals surface area contributed by atoms with Crippen LogP contribution in [0.4, 0.5) is 5.69 Å². The standard InChI is InChI=1S/C16H16ClNO/c1-10-6-11(2)8-13(7-10)16(19)18-15-9-14(17)5-4-12(15)3/h4-9H,1-3H3,(H,18,19). The van der Waals surface area contributed by atoms with E-state index in [-0.39, 0.29) is 5.91 Å². The van der Waals surface area contributed by atoms with Gasteiger partial charge in [0.1, 0.15) is 0 Å². The Balaban J connectivity index is 2.28. The van der Waals surface area contributed by atoms with Gasteiger partial charge in [-0.15, -0.1) is 0 Å². The number of benzene rings is 2. The van der Waals surface area contributed by atoms with Gasteiger partial charge in [0.25, 0.3) is 5.91 Å². The van der Waals surface area contributed by atoms with E-state index in [1.165, 1.54) is 0 Å². The highest BCUT2D eigenvalue weighted by molar-refractivity contribution is 6.31. The van der Waals surface area contributed by atoms with Gasteiger partial charge in [-0.3, -0.25) is 4.79 Å². The van der Waals surface area contributed by atoms with E-state index in [0.717, 1.165) is 22.4 Å². The number of hydrogen-bond acceptors (Lipinski definition) is 1. The molecule has 1 amide bonds. The van der Waals surface area contributed by atoms with Crippen LogP contribution in [0.5, 0.6) is 0 Å². The monoisotopic (exact) mass is 273 g/mol. The van der Waals surface area contributed by atoms with Crippen molar-refractivity contribution in [2.75, 3.05) is 5.32 Å². The van der Waals surface area contributed by atoms with E-state index in [9.17, 15) is 4.79 Å². The fourth-order valence-electron chi connectivity index (χ4n) is 2.03. The van der Waals surface area contributed by atoms with E-state index in [2.05, 4.69) is 5.32 Å². The lowest BCUT2D eigenvalue weighted by Gasteiger charge is -2.10. The van der Waals surface area contributed by atoms with Crippen LogP contribution >= 0.6 is 11.6 Å². The van der Waals surface area contributed by atoms with Crippen LogP contribution in [0.1, 0.15) is 27.0 Å². The van der Waals surface area contributed by atoms with Crippen LogP contribution in [0.15, 0.2) is 36.4 Å². The van der Waals surface area contributed by atoms with Gasteiger partial charge in [-0.2, -0.15) is 0 Å². The van der Waals surface area contributed by atoms with Gasteiger partial charge in [0.15, 0.2) is 0 Å². The van der Waals surface area contributed by atoms with Crippen molar-refractivity contribution in [3.05, 3.63) is 63.7 Å². The van der Waals surface area contributed by atoms with Crippen LogP contribution in [0, 0.1) is 20.8 Å². The molecule has 0 radical (unpaired) electrons. The normalized spacial score (nSPS) is 10.3. The van der Waals surface area contributed by atoms with Crippen molar-refractivity contribution in [3.8, 4) is 0 Å². The fourth-order valence-corrected chi connectivity index (χ4v) is 2.20. The van der Waals surface area contributed by atoms with Gasteiger partial charge >= 0.3 is 0 Å². The van der Waals surface area contributed by atoms with E-state index in [4.69, 9.17) is 11.6 Å². The predicted octanol–water partition coefficient (Wildman–Crippen LogP) is 4.52. The van der Waals surface area contributed by atoms with Gasteiger partial charge < -0.3 is 5.32 Å². The molecule has 2 rings (SSSR count). The molecule has 1 N–H and O–H groups in total. The van der Waals surface area contributed by atoms with E-state index in [1.54, 1.807) is 6.07 Å². The van der Waals surface area contributed by atoms with Crippen molar-refractivity contribution in [1.29, 1.82) is 0 Å². The molecule has 98 valence electrons. The number of nitrogens with one attached hydrogen (secondary N) is 1. The molecule has 19 heavy (non-hydrogen) atoms. The lowest BCUT2D eigenvalue weighted by molar-refractivity contribution is 0.102. The van der Waals surface area contributed by atoms with Crippen LogP contribution < -0.4 is 5.32 Å². The van der Waals surface area contributed by atoms with Crippen molar-refractivity contribution in [3.63, 3.8) is 0 Å². The Kier molecular flexibility index (Phi) is 3.91. The highest BCUT2D eigenvalue weighted by Crippen LogP contribution is 2.21. The minimum absolute atomic E-state index is 0.114. The van der Waals surface area contributed by atoms with Crippen molar-refractivity contribution in [2.24, 2.45) is 0 Å². The molecule has 0 aliphatic carbocycles. The van der Waals surface area contributed by atoms with Crippen molar-refractivity contribution in [1.82, 2.24) is 0 Å². The second-order valence-corrected chi connectivity index (χ2v) is 5.23. The average Bonchev–Trinajstić information content (AvgIpc) is 2.32. The first-order valence-corrected chi connectivity index (χ1v) is 6.49. The Bertz CT molecular complexity index is 614. The van der Waals surface area contributed by atoms with Crippen LogP contribution in [-0.2, 0) is 0 Å². The summed E-state index contributed by atoms with van der Waals surface area (Å²) in [6.45, 7) is 5.90. The fraction of sp³-hybridized carbons (Fsp3) is 0.188. The molecule has 0 atom stereocenters. The van der Waals surface area contributed by atoms with Crippen LogP contribution in [-0.4, -0.2) is 5.91 Å². The number of carbonyl (C=O) groups is 1. The number of carbonyl (C=O) groups excluding carboxylic acids is 1. The molecule has 0 unspecified atom stereocenters. The maximum Gasteiger partial charge on any atom is 0.255 e. The van der Waals surface area contributed by atoms with E-state index in [1.807, 2.05) is 51.1 Å². The third kappa shape index (κ3) is 3.36. The smallest absolute Gasteiger partial charge is 0.255 e. The Hall–Kier alpha value is -1.80. The van der Waals surface area contributed by atoms with Gasteiger partial charge in [0.2, 0.25) is 0 Å². The van der Waals surface area contributed by atoms with Crippen LogP contribution in [0.25, 0.3) is 0 Å². The lowest BCUT2D eigenvalue weighted by atomic mass is 10.1. The van der Waals surface area contributed by atoms with Crippen LogP contribution in [0.3, 0.4) is 0 Å². The van der Waals surface area contributed by atoms with E-state index < -0.39 is 0 Å². The molecule has 0 heterocycles. The zero-order valence-electron chi connectivity index (χ0n) is 11.3. The molecule has 2 aromatic carbocycles. The summed E-state index contributed by atoms with van der Waals surface area (Å²) in [4.78, 5) is 12.2. The summed E-state index contributed by atoms with van der Waals surface area (Å²) in [5.74, 6) is -0.114. The third-order valence-electron chi connectivity index (χ3n) is 2.93. The maximum absolute atomic E-state index is 12.2. The summed E-state index contributed by atoms with van der Waals surface area (Å²) in [6, 6.07) is 11.3. The van der Waals surface area contributed by atoms with E-state index in [0.29, 0.717) is 10.6 Å². The Labute approximate surface area is 118 Å².